The Labute approximate surface area is 133 Å². The molecule has 1 aliphatic heterocycles. The Balaban J connectivity index is 1.68. The van der Waals surface area contributed by atoms with Crippen LogP contribution in [0.25, 0.3) is 0 Å². The average Bonchev–Trinajstić information content (AvgIpc) is 3.00. The van der Waals surface area contributed by atoms with E-state index in [9.17, 15) is 9.59 Å². The molecule has 0 saturated heterocycles. The number of rotatable bonds is 4. The lowest BCUT2D eigenvalue weighted by Gasteiger charge is -2.13. The lowest BCUT2D eigenvalue weighted by molar-refractivity contribution is -0.115. The molecule has 2 amide bonds. The van der Waals surface area contributed by atoms with Crippen LogP contribution in [-0.2, 0) is 17.8 Å². The van der Waals surface area contributed by atoms with Gasteiger partial charge < -0.3 is 16.0 Å². The quantitative estimate of drug-likeness (QED) is 0.690. The Morgan fingerprint density at radius 3 is 2.57 bits per heavy atom. The molecule has 1 aromatic carbocycles. The highest BCUT2D eigenvalue weighted by Gasteiger charge is 2.21. The van der Waals surface area contributed by atoms with E-state index in [1.54, 1.807) is 31.2 Å². The number of nitrogens with one attached hydrogen (secondary N) is 4. The third-order valence-electron chi connectivity index (χ3n) is 3.77. The number of anilines is 2. The van der Waals surface area contributed by atoms with Gasteiger partial charge in [-0.1, -0.05) is 6.92 Å². The van der Waals surface area contributed by atoms with E-state index in [0.717, 1.165) is 24.2 Å². The average molecular weight is 313 g/mol. The van der Waals surface area contributed by atoms with Gasteiger partial charge >= 0.3 is 0 Å². The van der Waals surface area contributed by atoms with Crippen molar-refractivity contribution in [3.63, 3.8) is 0 Å². The first-order valence-corrected chi connectivity index (χ1v) is 7.65. The molecule has 7 heteroatoms. The highest BCUT2D eigenvalue weighted by Crippen LogP contribution is 2.18. The number of carbonyl (C=O) groups is 2. The van der Waals surface area contributed by atoms with Gasteiger partial charge in [-0.3, -0.25) is 14.7 Å². The van der Waals surface area contributed by atoms with E-state index >= 15 is 0 Å². The second-order valence-corrected chi connectivity index (χ2v) is 5.39. The number of aromatic amines is 1. The van der Waals surface area contributed by atoms with Crippen molar-refractivity contribution in [2.24, 2.45) is 0 Å². The highest BCUT2D eigenvalue weighted by atomic mass is 16.2. The zero-order valence-electron chi connectivity index (χ0n) is 12.9. The molecule has 23 heavy (non-hydrogen) atoms. The minimum atomic E-state index is -0.239. The summed E-state index contributed by atoms with van der Waals surface area (Å²) < 4.78 is 0. The summed E-state index contributed by atoms with van der Waals surface area (Å²) in [4.78, 5) is 23.7. The Kier molecular flexibility index (Phi) is 4.38. The lowest BCUT2D eigenvalue weighted by atomic mass is 10.1. The van der Waals surface area contributed by atoms with Crippen molar-refractivity contribution in [3.8, 4) is 0 Å². The minimum Gasteiger partial charge on any atom is -0.326 e. The second kappa shape index (κ2) is 6.62. The summed E-state index contributed by atoms with van der Waals surface area (Å²) in [5, 5.41) is 15.9. The van der Waals surface area contributed by atoms with Crippen molar-refractivity contribution in [2.75, 3.05) is 17.2 Å². The van der Waals surface area contributed by atoms with Gasteiger partial charge in [0.25, 0.3) is 5.91 Å². The van der Waals surface area contributed by atoms with E-state index in [4.69, 9.17) is 0 Å². The van der Waals surface area contributed by atoms with Crippen LogP contribution in [0.15, 0.2) is 24.3 Å². The van der Waals surface area contributed by atoms with Crippen LogP contribution < -0.4 is 16.0 Å². The molecule has 120 valence electrons. The summed E-state index contributed by atoms with van der Waals surface area (Å²) in [6, 6.07) is 7.01. The third kappa shape index (κ3) is 3.40. The Morgan fingerprint density at radius 1 is 1.17 bits per heavy atom. The molecule has 4 N–H and O–H groups in total. The SMILES string of the molecule is CCC(=O)Nc1ccc(NC(=O)c2n[nH]c3c2CNCC3)cc1. The summed E-state index contributed by atoms with van der Waals surface area (Å²) in [5.74, 6) is -0.283. The van der Waals surface area contributed by atoms with E-state index in [-0.39, 0.29) is 11.8 Å². The molecule has 0 bridgehead atoms. The largest absolute Gasteiger partial charge is 0.326 e. The highest BCUT2D eigenvalue weighted by molar-refractivity contribution is 6.04. The van der Waals surface area contributed by atoms with Crippen LogP contribution in [0.1, 0.15) is 35.1 Å². The molecule has 2 aromatic rings. The fraction of sp³-hybridized carbons (Fsp3) is 0.312. The van der Waals surface area contributed by atoms with Crippen LogP contribution in [-0.4, -0.2) is 28.6 Å². The molecule has 0 spiro atoms. The Hall–Kier alpha value is -2.67. The second-order valence-electron chi connectivity index (χ2n) is 5.39. The molecular weight excluding hydrogens is 294 g/mol. The molecule has 7 nitrogen and oxygen atoms in total. The van der Waals surface area contributed by atoms with Gasteiger partial charge in [-0.05, 0) is 24.3 Å². The maximum atomic E-state index is 12.4. The maximum absolute atomic E-state index is 12.4. The van der Waals surface area contributed by atoms with Crippen molar-refractivity contribution >= 4 is 23.2 Å². The van der Waals surface area contributed by atoms with Crippen molar-refractivity contribution < 1.29 is 9.59 Å². The molecular formula is C16H19N5O2. The topological polar surface area (TPSA) is 98.9 Å². The van der Waals surface area contributed by atoms with Gasteiger partial charge in [0.2, 0.25) is 5.91 Å². The minimum absolute atomic E-state index is 0.0440. The summed E-state index contributed by atoms with van der Waals surface area (Å²) in [6.45, 7) is 3.33. The predicted molar refractivity (Wildman–Crippen MR) is 87.3 cm³/mol. The molecule has 2 heterocycles. The number of H-pyrrole nitrogens is 1. The van der Waals surface area contributed by atoms with Crippen LogP contribution in [0.5, 0.6) is 0 Å². The maximum Gasteiger partial charge on any atom is 0.276 e. The standard InChI is InChI=1S/C16H19N5O2/c1-2-14(22)18-10-3-5-11(6-4-10)19-16(23)15-12-9-17-8-7-13(12)20-21-15/h3-6,17H,2,7-9H2,1H3,(H,18,22)(H,19,23)(H,20,21). The number of fused-ring (bicyclic) bond motifs is 1. The van der Waals surface area contributed by atoms with Crippen LogP contribution in [0, 0.1) is 0 Å². The molecule has 1 aromatic heterocycles. The zero-order chi connectivity index (χ0) is 16.2. The lowest BCUT2D eigenvalue weighted by Crippen LogP contribution is -2.25. The molecule has 0 fully saturated rings. The predicted octanol–water partition coefficient (Wildman–Crippen LogP) is 1.66. The van der Waals surface area contributed by atoms with Gasteiger partial charge in [0.05, 0.1) is 0 Å². The first-order chi connectivity index (χ1) is 11.2. The van der Waals surface area contributed by atoms with Gasteiger partial charge in [0.15, 0.2) is 5.69 Å². The summed E-state index contributed by atoms with van der Waals surface area (Å²) in [6.07, 6.45) is 1.28. The number of aromatic nitrogens is 2. The third-order valence-corrected chi connectivity index (χ3v) is 3.77. The van der Waals surface area contributed by atoms with E-state index in [0.29, 0.717) is 30.0 Å². The smallest absolute Gasteiger partial charge is 0.276 e. The van der Waals surface area contributed by atoms with Gasteiger partial charge in [0.1, 0.15) is 0 Å². The zero-order valence-corrected chi connectivity index (χ0v) is 12.9. The first kappa shape index (κ1) is 15.2. The molecule has 0 saturated carbocycles. The van der Waals surface area contributed by atoms with Crippen molar-refractivity contribution in [2.45, 2.75) is 26.3 Å². The fourth-order valence-corrected chi connectivity index (χ4v) is 2.49. The molecule has 0 radical (unpaired) electrons. The van der Waals surface area contributed by atoms with Crippen molar-refractivity contribution in [1.29, 1.82) is 0 Å². The molecule has 1 aliphatic rings. The van der Waals surface area contributed by atoms with Crippen LogP contribution in [0.4, 0.5) is 11.4 Å². The molecule has 3 rings (SSSR count). The summed E-state index contributed by atoms with van der Waals surface area (Å²) in [7, 11) is 0. The van der Waals surface area contributed by atoms with E-state index in [1.165, 1.54) is 0 Å². The van der Waals surface area contributed by atoms with Gasteiger partial charge in [-0.25, -0.2) is 0 Å². The molecule has 0 aliphatic carbocycles. The van der Waals surface area contributed by atoms with Crippen LogP contribution in [0.2, 0.25) is 0 Å². The van der Waals surface area contributed by atoms with Gasteiger partial charge in [-0.15, -0.1) is 0 Å². The van der Waals surface area contributed by atoms with Crippen molar-refractivity contribution in [1.82, 2.24) is 15.5 Å². The normalized spacial score (nSPS) is 13.3. The summed E-state index contributed by atoms with van der Waals surface area (Å²) in [5.41, 5.74) is 3.74. The molecule has 0 atom stereocenters. The van der Waals surface area contributed by atoms with E-state index < -0.39 is 0 Å². The molecule has 0 unspecified atom stereocenters. The van der Waals surface area contributed by atoms with Crippen LogP contribution in [0.3, 0.4) is 0 Å². The van der Waals surface area contributed by atoms with Crippen LogP contribution >= 0.6 is 0 Å². The van der Waals surface area contributed by atoms with Gasteiger partial charge in [-0.2, -0.15) is 5.10 Å². The number of hydrogen-bond acceptors (Lipinski definition) is 4. The van der Waals surface area contributed by atoms with Crippen molar-refractivity contribution in [3.05, 3.63) is 41.2 Å². The number of nitrogens with zero attached hydrogens (tertiary/aromatic N) is 1. The summed E-state index contributed by atoms with van der Waals surface area (Å²) >= 11 is 0. The monoisotopic (exact) mass is 313 g/mol. The number of hydrogen-bond donors (Lipinski definition) is 4. The van der Waals surface area contributed by atoms with E-state index in [1.807, 2.05) is 0 Å². The van der Waals surface area contributed by atoms with Gasteiger partial charge in [0, 0.05) is 48.6 Å². The first-order valence-electron chi connectivity index (χ1n) is 7.65. The van der Waals surface area contributed by atoms with E-state index in [2.05, 4.69) is 26.1 Å². The Bertz CT molecular complexity index is 721. The number of carbonyl (C=O) groups excluding carboxylic acids is 2. The fourth-order valence-electron chi connectivity index (χ4n) is 2.49. The Morgan fingerprint density at radius 2 is 1.87 bits per heavy atom. The number of amides is 2. The number of benzene rings is 1.